The molecule has 21 heavy (non-hydrogen) atoms. The molecule has 2 atom stereocenters. The van der Waals surface area contributed by atoms with Crippen molar-refractivity contribution in [1.29, 1.82) is 0 Å². The Morgan fingerprint density at radius 1 is 1.24 bits per heavy atom. The van der Waals surface area contributed by atoms with Gasteiger partial charge in [-0.2, -0.15) is 0 Å². The fourth-order valence-electron chi connectivity index (χ4n) is 2.58. The van der Waals surface area contributed by atoms with E-state index in [4.69, 9.17) is 17.0 Å². The zero-order valence-corrected chi connectivity index (χ0v) is 12.6. The molecule has 2 aliphatic heterocycles. The number of thiocarbonyl (C=S) groups is 1. The first-order valence-electron chi connectivity index (χ1n) is 6.55. The van der Waals surface area contributed by atoms with Crippen molar-refractivity contribution < 1.29 is 9.53 Å². The molecule has 0 aliphatic carbocycles. The lowest BCUT2D eigenvalue weighted by atomic mass is 10.2. The van der Waals surface area contributed by atoms with Crippen LogP contribution in [0.25, 0.3) is 0 Å². The van der Waals surface area contributed by atoms with Crippen molar-refractivity contribution in [1.82, 2.24) is 15.5 Å². The number of fused-ring (bicyclic) bond motifs is 1. The lowest BCUT2D eigenvalue weighted by Gasteiger charge is -2.37. The number of esters is 1. The Balaban J connectivity index is 1.94. The summed E-state index contributed by atoms with van der Waals surface area (Å²) in [5, 5.41) is 7.07. The highest BCUT2D eigenvalue weighted by Crippen LogP contribution is 2.26. The van der Waals surface area contributed by atoms with Crippen LogP contribution < -0.4 is 15.5 Å². The van der Waals surface area contributed by atoms with Crippen LogP contribution >= 0.6 is 12.2 Å². The quantitative estimate of drug-likeness (QED) is 0.612. The number of anilines is 1. The van der Waals surface area contributed by atoms with E-state index in [0.717, 1.165) is 5.69 Å². The van der Waals surface area contributed by atoms with E-state index in [1.165, 1.54) is 7.11 Å². The average molecular weight is 304 g/mol. The van der Waals surface area contributed by atoms with Gasteiger partial charge in [0.25, 0.3) is 0 Å². The van der Waals surface area contributed by atoms with Gasteiger partial charge in [0.05, 0.1) is 7.11 Å². The van der Waals surface area contributed by atoms with Gasteiger partial charge in [-0.15, -0.1) is 0 Å². The number of carbonyl (C=O) groups is 1. The first-order chi connectivity index (χ1) is 10.1. The van der Waals surface area contributed by atoms with E-state index >= 15 is 0 Å². The van der Waals surface area contributed by atoms with Gasteiger partial charge in [-0.25, -0.2) is 4.79 Å². The Hall–Kier alpha value is -2.28. The lowest BCUT2D eigenvalue weighted by Crippen LogP contribution is -2.57. The summed E-state index contributed by atoms with van der Waals surface area (Å²) in [6.07, 6.45) is 1.49. The number of nitrogens with zero attached hydrogens (tertiary/aromatic N) is 2. The van der Waals surface area contributed by atoms with Crippen LogP contribution in [-0.2, 0) is 9.53 Å². The smallest absolute Gasteiger partial charge is 0.355 e. The van der Waals surface area contributed by atoms with E-state index < -0.39 is 5.97 Å². The number of likely N-dealkylation sites (N-methyl/N-ethyl adjacent to an activating group) is 1. The number of hydrogen-bond donors (Lipinski definition) is 2. The number of rotatable bonds is 2. The molecule has 6 nitrogen and oxygen atoms in total. The summed E-state index contributed by atoms with van der Waals surface area (Å²) in [5.41, 5.74) is 1.38. The van der Waals surface area contributed by atoms with E-state index in [1.807, 2.05) is 47.2 Å². The highest BCUT2D eigenvalue weighted by atomic mass is 32.1. The maximum absolute atomic E-state index is 11.8. The van der Waals surface area contributed by atoms with Gasteiger partial charge in [0.15, 0.2) is 5.11 Å². The van der Waals surface area contributed by atoms with Crippen LogP contribution in [-0.4, -0.2) is 42.5 Å². The Bertz CT molecular complexity index is 604. The van der Waals surface area contributed by atoms with Gasteiger partial charge in [-0.05, 0) is 24.4 Å². The molecule has 0 amide bonds. The Kier molecular flexibility index (Phi) is 3.42. The number of methoxy groups -OCH3 is 1. The Morgan fingerprint density at radius 2 is 1.95 bits per heavy atom. The van der Waals surface area contributed by atoms with Crippen LogP contribution in [0.4, 0.5) is 5.69 Å². The van der Waals surface area contributed by atoms with Gasteiger partial charge in [-0.3, -0.25) is 4.90 Å². The summed E-state index contributed by atoms with van der Waals surface area (Å²) >= 11 is 5.43. The van der Waals surface area contributed by atoms with E-state index in [-0.39, 0.29) is 12.3 Å². The summed E-state index contributed by atoms with van der Waals surface area (Å²) in [6.45, 7) is 0. The summed E-state index contributed by atoms with van der Waals surface area (Å²) in [5.74, 6) is -0.397. The van der Waals surface area contributed by atoms with E-state index in [9.17, 15) is 4.79 Å². The molecule has 3 rings (SSSR count). The van der Waals surface area contributed by atoms with Crippen molar-refractivity contribution in [2.24, 2.45) is 0 Å². The monoisotopic (exact) mass is 304 g/mol. The molecule has 1 saturated heterocycles. The van der Waals surface area contributed by atoms with Gasteiger partial charge in [0.2, 0.25) is 0 Å². The molecule has 1 aromatic rings. The first-order valence-corrected chi connectivity index (χ1v) is 6.96. The maximum atomic E-state index is 11.8. The zero-order valence-electron chi connectivity index (χ0n) is 11.7. The number of hydrogen-bond acceptors (Lipinski definition) is 5. The fourth-order valence-corrected chi connectivity index (χ4v) is 2.92. The van der Waals surface area contributed by atoms with Gasteiger partial charge in [0.1, 0.15) is 18.0 Å². The van der Waals surface area contributed by atoms with Crippen LogP contribution in [0.5, 0.6) is 0 Å². The van der Waals surface area contributed by atoms with Crippen LogP contribution in [0.15, 0.2) is 42.2 Å². The number of para-hydroxylation sites is 1. The third kappa shape index (κ3) is 2.29. The van der Waals surface area contributed by atoms with Crippen LogP contribution in [0.1, 0.15) is 0 Å². The van der Waals surface area contributed by atoms with Crippen molar-refractivity contribution in [3.63, 3.8) is 0 Å². The number of ether oxygens (including phenoxy) is 1. The molecule has 0 spiro atoms. The van der Waals surface area contributed by atoms with E-state index in [0.29, 0.717) is 10.8 Å². The Labute approximate surface area is 128 Å². The van der Waals surface area contributed by atoms with Gasteiger partial charge < -0.3 is 20.3 Å². The highest BCUT2D eigenvalue weighted by molar-refractivity contribution is 7.80. The largest absolute Gasteiger partial charge is 0.464 e. The minimum atomic E-state index is -0.397. The predicted octanol–water partition coefficient (Wildman–Crippen LogP) is 0.583. The topological polar surface area (TPSA) is 56.8 Å². The molecule has 2 N–H and O–H groups in total. The van der Waals surface area contributed by atoms with E-state index in [2.05, 4.69) is 10.6 Å². The second kappa shape index (κ2) is 5.25. The predicted molar refractivity (Wildman–Crippen MR) is 83.2 cm³/mol. The molecule has 110 valence electrons. The SMILES string of the molecule is COC(=O)C1=CN(C)[C@H]2NC(=S)N(c3ccccc3)[C@H]2N1. The molecule has 0 unspecified atom stereocenters. The van der Waals surface area contributed by atoms with Crippen LogP contribution in [0, 0.1) is 0 Å². The molecule has 7 heteroatoms. The first kappa shape index (κ1) is 13.7. The standard InChI is InChI=1S/C14H16N4O2S/c1-17-8-10(13(19)20-2)15-12-11(17)16-14(21)18(12)9-6-4-3-5-7-9/h3-8,11-12,15H,1-2H3,(H,16,21)/t11-,12-/m1/s1. The molecule has 1 aromatic carbocycles. The third-order valence-corrected chi connectivity index (χ3v) is 3.90. The minimum Gasteiger partial charge on any atom is -0.464 e. The van der Waals surface area contributed by atoms with Gasteiger partial charge in [-0.1, -0.05) is 18.2 Å². The number of benzene rings is 1. The Morgan fingerprint density at radius 3 is 2.62 bits per heavy atom. The molecule has 0 aromatic heterocycles. The molecule has 0 bridgehead atoms. The van der Waals surface area contributed by atoms with Gasteiger partial charge >= 0.3 is 5.97 Å². The number of nitrogens with one attached hydrogen (secondary N) is 2. The third-order valence-electron chi connectivity index (χ3n) is 3.58. The molecular formula is C14H16N4O2S. The highest BCUT2D eigenvalue weighted by Gasteiger charge is 2.43. The molecule has 2 heterocycles. The van der Waals surface area contributed by atoms with Crippen LogP contribution in [0.3, 0.4) is 0 Å². The normalized spacial score (nSPS) is 23.9. The second-order valence-corrected chi connectivity index (χ2v) is 5.28. The number of carbonyl (C=O) groups excluding carboxylic acids is 1. The molecule has 0 radical (unpaired) electrons. The average Bonchev–Trinajstić information content (AvgIpc) is 2.84. The van der Waals surface area contributed by atoms with Crippen molar-refractivity contribution in [2.75, 3.05) is 19.1 Å². The lowest BCUT2D eigenvalue weighted by molar-refractivity contribution is -0.137. The van der Waals surface area contributed by atoms with E-state index in [1.54, 1.807) is 6.20 Å². The molecule has 2 aliphatic rings. The maximum Gasteiger partial charge on any atom is 0.355 e. The van der Waals surface area contributed by atoms with Crippen molar-refractivity contribution in [3.05, 3.63) is 42.2 Å². The fraction of sp³-hybridized carbons (Fsp3) is 0.286. The molecule has 1 fully saturated rings. The van der Waals surface area contributed by atoms with Crippen molar-refractivity contribution >= 4 is 29.0 Å². The van der Waals surface area contributed by atoms with Crippen LogP contribution in [0.2, 0.25) is 0 Å². The second-order valence-electron chi connectivity index (χ2n) is 4.89. The van der Waals surface area contributed by atoms with Crippen molar-refractivity contribution in [2.45, 2.75) is 12.3 Å². The zero-order chi connectivity index (χ0) is 15.0. The summed E-state index contributed by atoms with van der Waals surface area (Å²) in [4.78, 5) is 15.7. The summed E-state index contributed by atoms with van der Waals surface area (Å²) < 4.78 is 4.79. The summed E-state index contributed by atoms with van der Waals surface area (Å²) in [6, 6.07) is 9.82. The summed E-state index contributed by atoms with van der Waals surface area (Å²) in [7, 11) is 3.26. The molecule has 0 saturated carbocycles. The minimum absolute atomic E-state index is 0.0499. The molecular weight excluding hydrogens is 288 g/mol. The van der Waals surface area contributed by atoms with Crippen molar-refractivity contribution in [3.8, 4) is 0 Å². The van der Waals surface area contributed by atoms with Gasteiger partial charge in [0, 0.05) is 18.9 Å².